The summed E-state index contributed by atoms with van der Waals surface area (Å²) in [4.78, 5) is 0. The first-order valence-electron chi connectivity index (χ1n) is 3.47. The zero-order valence-corrected chi connectivity index (χ0v) is 7.58. The molecule has 0 aromatic heterocycles. The zero-order valence-electron chi connectivity index (χ0n) is 6.69. The Morgan fingerprint density at radius 3 is 2.58 bits per heavy atom. The molecule has 0 unspecified atom stereocenters. The average molecular weight is 186 g/mol. The molecule has 1 rings (SSSR count). The molecule has 3 nitrogen and oxygen atoms in total. The van der Waals surface area contributed by atoms with E-state index in [0.29, 0.717) is 11.3 Å². The van der Waals surface area contributed by atoms with Crippen molar-refractivity contribution >= 4 is 10.7 Å². The number of rotatable bonds is 3. The molecule has 1 aromatic rings. The van der Waals surface area contributed by atoms with E-state index in [1.54, 1.807) is 24.3 Å². The van der Waals surface area contributed by atoms with Gasteiger partial charge in [0.15, 0.2) is 0 Å². The van der Waals surface area contributed by atoms with Crippen LogP contribution in [0.1, 0.15) is 5.56 Å². The van der Waals surface area contributed by atoms with Gasteiger partial charge in [-0.3, -0.25) is 0 Å². The van der Waals surface area contributed by atoms with Gasteiger partial charge in [0.2, 0.25) is 0 Å². The Kier molecular flexibility index (Phi) is 3.10. The first-order chi connectivity index (χ1) is 5.74. The van der Waals surface area contributed by atoms with Gasteiger partial charge >= 0.3 is 0 Å². The molecule has 0 N–H and O–H groups in total. The fourth-order valence-electron chi connectivity index (χ4n) is 0.973. The van der Waals surface area contributed by atoms with Crippen LogP contribution >= 0.6 is 0 Å². The van der Waals surface area contributed by atoms with Crippen molar-refractivity contribution < 1.29 is 13.2 Å². The van der Waals surface area contributed by atoms with E-state index in [0.717, 1.165) is 0 Å². The van der Waals surface area contributed by atoms with Gasteiger partial charge in [-0.15, -0.1) is 0 Å². The summed E-state index contributed by atoms with van der Waals surface area (Å²) in [5.41, 5.74) is 0.705. The molecule has 66 valence electrons. The molecule has 0 bridgehead atoms. The van der Waals surface area contributed by atoms with Crippen LogP contribution in [0.2, 0.25) is 0 Å². The highest BCUT2D eigenvalue weighted by molar-refractivity contribution is 7.71. The van der Waals surface area contributed by atoms with E-state index in [1.807, 2.05) is 0 Å². The Morgan fingerprint density at radius 1 is 1.33 bits per heavy atom. The van der Waals surface area contributed by atoms with Crippen LogP contribution in [0.15, 0.2) is 24.3 Å². The van der Waals surface area contributed by atoms with Gasteiger partial charge in [0.25, 0.3) is 0 Å². The van der Waals surface area contributed by atoms with Gasteiger partial charge in [0.05, 0.1) is 12.9 Å². The molecule has 0 radical (unpaired) electrons. The monoisotopic (exact) mass is 186 g/mol. The van der Waals surface area contributed by atoms with Crippen molar-refractivity contribution in [2.75, 3.05) is 7.11 Å². The molecular weight excluding hydrogens is 176 g/mol. The Balaban J connectivity index is 2.96. The Morgan fingerprint density at radius 2 is 2.00 bits per heavy atom. The number of hydrogen-bond acceptors (Lipinski definition) is 3. The molecular formula is C8H10O3S. The molecule has 0 amide bonds. The summed E-state index contributed by atoms with van der Waals surface area (Å²) < 4.78 is 25.8. The summed E-state index contributed by atoms with van der Waals surface area (Å²) >= 11 is 0. The van der Waals surface area contributed by atoms with Crippen LogP contribution < -0.4 is 4.74 Å². The third-order valence-electron chi connectivity index (χ3n) is 1.49. The van der Waals surface area contributed by atoms with Crippen molar-refractivity contribution in [1.82, 2.24) is 0 Å². The van der Waals surface area contributed by atoms with E-state index >= 15 is 0 Å². The SMILES string of the molecule is COc1ccccc1C[SH](=O)=O. The van der Waals surface area contributed by atoms with E-state index in [9.17, 15) is 8.42 Å². The summed E-state index contributed by atoms with van der Waals surface area (Å²) in [7, 11) is -0.854. The minimum absolute atomic E-state index is 0.0410. The van der Waals surface area contributed by atoms with Gasteiger partial charge in [-0.05, 0) is 6.07 Å². The molecule has 0 aliphatic carbocycles. The van der Waals surface area contributed by atoms with Crippen LogP contribution in [0.25, 0.3) is 0 Å². The lowest BCUT2D eigenvalue weighted by atomic mass is 10.2. The minimum Gasteiger partial charge on any atom is -0.496 e. The van der Waals surface area contributed by atoms with E-state index in [2.05, 4.69) is 0 Å². The van der Waals surface area contributed by atoms with Crippen LogP contribution in [-0.4, -0.2) is 15.5 Å². The van der Waals surface area contributed by atoms with Gasteiger partial charge in [-0.25, -0.2) is 8.42 Å². The van der Waals surface area contributed by atoms with E-state index < -0.39 is 10.7 Å². The van der Waals surface area contributed by atoms with E-state index in [4.69, 9.17) is 4.74 Å². The van der Waals surface area contributed by atoms with Crippen LogP contribution in [0.3, 0.4) is 0 Å². The number of ether oxygens (including phenoxy) is 1. The molecule has 1 aromatic carbocycles. The maximum absolute atomic E-state index is 10.4. The zero-order chi connectivity index (χ0) is 8.97. The second-order valence-corrected chi connectivity index (χ2v) is 3.28. The van der Waals surface area contributed by atoms with Crippen molar-refractivity contribution in [3.05, 3.63) is 29.8 Å². The molecule has 0 spiro atoms. The van der Waals surface area contributed by atoms with Crippen LogP contribution in [0.4, 0.5) is 0 Å². The van der Waals surface area contributed by atoms with Gasteiger partial charge in [0, 0.05) is 5.56 Å². The highest BCUT2D eigenvalue weighted by Gasteiger charge is 2.00. The molecule has 0 aliphatic rings. The predicted octanol–water partition coefficient (Wildman–Crippen LogP) is 0.807. The largest absolute Gasteiger partial charge is 0.496 e. The number of para-hydroxylation sites is 1. The van der Waals surface area contributed by atoms with Crippen LogP contribution in [0.5, 0.6) is 5.75 Å². The molecule has 0 fully saturated rings. The number of benzene rings is 1. The summed E-state index contributed by atoms with van der Waals surface area (Å²) in [6.45, 7) is 0. The predicted molar refractivity (Wildman–Crippen MR) is 47.0 cm³/mol. The van der Waals surface area contributed by atoms with Gasteiger partial charge in [-0.2, -0.15) is 0 Å². The van der Waals surface area contributed by atoms with Crippen molar-refractivity contribution in [1.29, 1.82) is 0 Å². The Hall–Kier alpha value is -1.03. The lowest BCUT2D eigenvalue weighted by molar-refractivity contribution is 0.411. The molecule has 0 heterocycles. The fourth-order valence-corrected chi connectivity index (χ4v) is 1.51. The normalized spacial score (nSPS) is 10.2. The Labute approximate surface area is 72.9 Å². The van der Waals surface area contributed by atoms with Crippen LogP contribution in [0, 0.1) is 0 Å². The molecule has 0 saturated carbocycles. The van der Waals surface area contributed by atoms with Crippen molar-refractivity contribution in [3.8, 4) is 5.75 Å². The van der Waals surface area contributed by atoms with Crippen molar-refractivity contribution in [3.63, 3.8) is 0 Å². The molecule has 12 heavy (non-hydrogen) atoms. The van der Waals surface area contributed by atoms with Crippen LogP contribution in [-0.2, 0) is 16.5 Å². The number of hydrogen-bond donors (Lipinski definition) is 1. The third kappa shape index (κ3) is 2.23. The maximum Gasteiger partial charge on any atom is 0.144 e. The number of methoxy groups -OCH3 is 1. The highest BCUT2D eigenvalue weighted by atomic mass is 32.2. The van der Waals surface area contributed by atoms with Gasteiger partial charge in [-0.1, -0.05) is 18.2 Å². The summed E-state index contributed by atoms with van der Waals surface area (Å²) in [5.74, 6) is 0.663. The van der Waals surface area contributed by atoms with E-state index in [-0.39, 0.29) is 5.75 Å². The average Bonchev–Trinajstić information content (AvgIpc) is 2.04. The standard InChI is InChI=1S/C8H10O3S/c1-11-8-5-3-2-4-7(8)6-12(9)10/h2-5,12H,6H2,1H3. The third-order valence-corrected chi connectivity index (χ3v) is 2.09. The highest BCUT2D eigenvalue weighted by Crippen LogP contribution is 2.17. The minimum atomic E-state index is -2.38. The van der Waals surface area contributed by atoms with E-state index in [1.165, 1.54) is 7.11 Å². The summed E-state index contributed by atoms with van der Waals surface area (Å²) in [6.07, 6.45) is 0. The lowest BCUT2D eigenvalue weighted by Crippen LogP contribution is -1.92. The quantitative estimate of drug-likeness (QED) is 0.710. The van der Waals surface area contributed by atoms with Crippen molar-refractivity contribution in [2.45, 2.75) is 5.75 Å². The first kappa shape index (κ1) is 9.06. The number of thiol groups is 1. The topological polar surface area (TPSA) is 43.4 Å². The Bertz CT molecular complexity index is 323. The second kappa shape index (κ2) is 4.11. The van der Waals surface area contributed by atoms with Crippen molar-refractivity contribution in [2.24, 2.45) is 0 Å². The maximum atomic E-state index is 10.4. The summed E-state index contributed by atoms with van der Waals surface area (Å²) in [5, 5.41) is 0. The molecule has 0 aliphatic heterocycles. The first-order valence-corrected chi connectivity index (χ1v) is 4.84. The smallest absolute Gasteiger partial charge is 0.144 e. The molecule has 4 heteroatoms. The molecule has 0 atom stereocenters. The molecule has 0 saturated heterocycles. The van der Waals surface area contributed by atoms with Gasteiger partial charge in [0.1, 0.15) is 16.5 Å². The summed E-state index contributed by atoms with van der Waals surface area (Å²) in [6, 6.07) is 7.08. The lowest BCUT2D eigenvalue weighted by Gasteiger charge is -2.03. The fraction of sp³-hybridized carbons (Fsp3) is 0.250. The van der Waals surface area contributed by atoms with Gasteiger partial charge < -0.3 is 4.74 Å². The second-order valence-electron chi connectivity index (χ2n) is 2.30.